The van der Waals surface area contributed by atoms with E-state index in [1.165, 1.54) is 0 Å². The molecule has 0 bridgehead atoms. The van der Waals surface area contributed by atoms with Crippen molar-refractivity contribution in [3.63, 3.8) is 0 Å². The zero-order valence-electron chi connectivity index (χ0n) is 8.92. The molecule has 110 valence electrons. The molecule has 0 unspecified atom stereocenters. The van der Waals surface area contributed by atoms with Gasteiger partial charge in [0.2, 0.25) is 5.56 Å². The molecule has 13 heteroatoms. The first-order valence-corrected chi connectivity index (χ1v) is 5.72. The number of hydrogen-bond acceptors (Lipinski definition) is 6. The molecular weight excluding hydrogens is 316 g/mol. The molecule has 0 saturated carbocycles. The third-order valence-electron chi connectivity index (χ3n) is 2.03. The highest BCUT2D eigenvalue weighted by molar-refractivity contribution is 7.86. The number of hydrogen-bond donors (Lipinski definition) is 0. The Labute approximate surface area is 107 Å². The van der Waals surface area contributed by atoms with Crippen LogP contribution in [-0.2, 0) is 16.4 Å². The number of rotatable bonds is 3. The Balaban J connectivity index is 3.93. The predicted molar refractivity (Wildman–Crippen MR) is 53.0 cm³/mol. The second kappa shape index (κ2) is 4.66. The van der Waals surface area contributed by atoms with Crippen LogP contribution in [0.1, 0.15) is 5.56 Å². The second-order valence-corrected chi connectivity index (χ2v) is 4.63. The fourth-order valence-electron chi connectivity index (χ4n) is 1.31. The highest BCUT2D eigenvalue weighted by Crippen LogP contribution is 2.43. The first-order chi connectivity index (χ1) is 8.85. The maximum atomic E-state index is 12.7. The summed E-state index contributed by atoms with van der Waals surface area (Å²) in [7, 11) is -5.65. The molecule has 20 heavy (non-hydrogen) atoms. The molecule has 0 radical (unpaired) electrons. The van der Waals surface area contributed by atoms with Gasteiger partial charge < -0.3 is 0 Å². The topological polar surface area (TPSA) is 120 Å². The van der Waals surface area contributed by atoms with Gasteiger partial charge in [-0.1, -0.05) is 0 Å². The van der Waals surface area contributed by atoms with Crippen LogP contribution in [-0.4, -0.2) is 18.3 Å². The molecule has 0 saturated heterocycles. The molecule has 0 aromatic heterocycles. The van der Waals surface area contributed by atoms with Crippen LogP contribution in [0.5, 0.6) is 0 Å². The fraction of sp³-hybridized carbons (Fsp3) is 0.143. The van der Waals surface area contributed by atoms with Crippen LogP contribution in [0.3, 0.4) is 0 Å². The molecule has 0 spiro atoms. The van der Waals surface area contributed by atoms with E-state index in [0.717, 1.165) is 0 Å². The van der Waals surface area contributed by atoms with Crippen molar-refractivity contribution in [1.82, 2.24) is 0 Å². The molecule has 0 N–H and O–H groups in total. The molecule has 0 aliphatic heterocycles. The third kappa shape index (κ3) is 2.98. The lowest BCUT2D eigenvalue weighted by atomic mass is 10.1. The zero-order valence-corrected chi connectivity index (χ0v) is 9.74. The van der Waals surface area contributed by atoms with E-state index < -0.39 is 48.1 Å². The van der Waals surface area contributed by atoms with Gasteiger partial charge >= 0.3 is 16.4 Å². The van der Waals surface area contributed by atoms with Gasteiger partial charge in [0.25, 0.3) is 11.4 Å². The van der Waals surface area contributed by atoms with Crippen molar-refractivity contribution < 1.29 is 35.3 Å². The number of nitro benzene ring substituents is 2. The first kappa shape index (κ1) is 15.7. The van der Waals surface area contributed by atoms with E-state index in [-0.39, 0.29) is 12.1 Å². The molecule has 0 aliphatic carbocycles. The summed E-state index contributed by atoms with van der Waals surface area (Å²) in [4.78, 5) is 16.0. The van der Waals surface area contributed by atoms with Crippen molar-refractivity contribution in [2.24, 2.45) is 0 Å². The van der Waals surface area contributed by atoms with Gasteiger partial charge in [0, 0.05) is 12.1 Å². The molecule has 0 amide bonds. The summed E-state index contributed by atoms with van der Waals surface area (Å²) in [5.41, 5.74) is -6.12. The summed E-state index contributed by atoms with van der Waals surface area (Å²) in [5, 5.41) is 21.0. The van der Waals surface area contributed by atoms with Crippen molar-refractivity contribution in [2.75, 3.05) is 0 Å². The molecule has 0 heterocycles. The summed E-state index contributed by atoms with van der Waals surface area (Å²) in [6.45, 7) is 0. The lowest BCUT2D eigenvalue weighted by Crippen LogP contribution is -2.13. The van der Waals surface area contributed by atoms with Crippen LogP contribution in [0.15, 0.2) is 17.0 Å². The average molecular weight is 318 g/mol. The monoisotopic (exact) mass is 318 g/mol. The third-order valence-corrected chi connectivity index (χ3v) is 2.83. The van der Waals surface area contributed by atoms with E-state index in [1.807, 2.05) is 0 Å². The van der Waals surface area contributed by atoms with Gasteiger partial charge in [0.15, 0.2) is 0 Å². The molecule has 1 aromatic carbocycles. The number of halogens is 4. The minimum absolute atomic E-state index is 0.231. The summed E-state index contributed by atoms with van der Waals surface area (Å²) in [6, 6.07) is -0.462. The zero-order chi connectivity index (χ0) is 15.9. The van der Waals surface area contributed by atoms with E-state index in [1.54, 1.807) is 0 Å². The van der Waals surface area contributed by atoms with Crippen LogP contribution in [0.2, 0.25) is 0 Å². The van der Waals surface area contributed by atoms with E-state index in [4.69, 9.17) is 0 Å². The fourth-order valence-corrected chi connectivity index (χ4v) is 1.81. The smallest absolute Gasteiger partial charge is 0.258 e. The van der Waals surface area contributed by atoms with Crippen molar-refractivity contribution in [3.8, 4) is 0 Å². The van der Waals surface area contributed by atoms with Crippen LogP contribution >= 0.6 is 0 Å². The molecule has 1 aromatic rings. The van der Waals surface area contributed by atoms with Crippen LogP contribution in [0.25, 0.3) is 0 Å². The van der Waals surface area contributed by atoms with Gasteiger partial charge in [-0.2, -0.15) is 21.6 Å². The minimum Gasteiger partial charge on any atom is -0.258 e. The largest absolute Gasteiger partial charge is 0.429 e. The van der Waals surface area contributed by atoms with Crippen LogP contribution in [0.4, 0.5) is 28.4 Å². The van der Waals surface area contributed by atoms with E-state index in [9.17, 15) is 45.7 Å². The van der Waals surface area contributed by atoms with E-state index in [0.29, 0.717) is 0 Å². The highest BCUT2D eigenvalue weighted by Gasteiger charge is 2.46. The SMILES string of the molecule is O=[N+]([O-])c1cc(S(=O)(=O)F)cc([N+](=O)[O-])c1C(F)(F)F. The molecule has 0 aliphatic rings. The minimum atomic E-state index is -5.65. The summed E-state index contributed by atoms with van der Waals surface area (Å²) < 4.78 is 71.6. The van der Waals surface area contributed by atoms with E-state index in [2.05, 4.69) is 0 Å². The number of alkyl halides is 3. The Morgan fingerprint density at radius 1 is 1.00 bits per heavy atom. The second-order valence-electron chi connectivity index (χ2n) is 3.29. The van der Waals surface area contributed by atoms with Crippen molar-refractivity contribution >= 4 is 21.6 Å². The van der Waals surface area contributed by atoms with Gasteiger partial charge in [-0.15, -0.1) is 3.89 Å². The van der Waals surface area contributed by atoms with E-state index >= 15 is 0 Å². The summed E-state index contributed by atoms with van der Waals surface area (Å²) in [5.74, 6) is 0. The maximum Gasteiger partial charge on any atom is 0.429 e. The lowest BCUT2D eigenvalue weighted by Gasteiger charge is -2.08. The highest BCUT2D eigenvalue weighted by atomic mass is 32.3. The first-order valence-electron chi connectivity index (χ1n) is 4.34. The Kier molecular flexibility index (Phi) is 3.67. The molecule has 1 rings (SSSR count). The Hall–Kier alpha value is -2.31. The standard InChI is InChI=1S/C7H2F4N2O6S/c8-7(9,10)6-4(12(14)15)1-3(20(11,18)19)2-5(6)13(16)17/h1-2H. The molecule has 8 nitrogen and oxygen atoms in total. The predicted octanol–water partition coefficient (Wildman–Crippen LogP) is 2.18. The number of nitro groups is 2. The van der Waals surface area contributed by atoms with Crippen LogP contribution < -0.4 is 0 Å². The van der Waals surface area contributed by atoms with Crippen molar-refractivity contribution in [2.45, 2.75) is 11.1 Å². The molecule has 0 atom stereocenters. The van der Waals surface area contributed by atoms with Crippen molar-refractivity contribution in [1.29, 1.82) is 0 Å². The van der Waals surface area contributed by atoms with Gasteiger partial charge in [0.05, 0.1) is 9.85 Å². The van der Waals surface area contributed by atoms with Gasteiger partial charge in [-0.05, 0) is 0 Å². The maximum absolute atomic E-state index is 12.7. The van der Waals surface area contributed by atoms with Crippen molar-refractivity contribution in [3.05, 3.63) is 37.9 Å². The van der Waals surface area contributed by atoms with Gasteiger partial charge in [0.1, 0.15) is 4.90 Å². The van der Waals surface area contributed by atoms with Gasteiger partial charge in [-0.25, -0.2) is 0 Å². The number of benzene rings is 1. The Morgan fingerprint density at radius 3 is 1.55 bits per heavy atom. The summed E-state index contributed by atoms with van der Waals surface area (Å²) >= 11 is 0. The Morgan fingerprint density at radius 2 is 1.35 bits per heavy atom. The quantitative estimate of drug-likeness (QED) is 0.364. The van der Waals surface area contributed by atoms with Crippen LogP contribution in [0, 0.1) is 20.2 Å². The Bertz CT molecular complexity index is 663. The normalized spacial score (nSPS) is 12.2. The molecule has 0 fully saturated rings. The summed E-state index contributed by atoms with van der Waals surface area (Å²) in [6.07, 6.45) is -5.50. The van der Waals surface area contributed by atoms with Gasteiger partial charge in [-0.3, -0.25) is 20.2 Å². The average Bonchev–Trinajstić information content (AvgIpc) is 2.24. The molecular formula is C7H2F4N2O6S. The lowest BCUT2D eigenvalue weighted by molar-refractivity contribution is -0.400. The number of nitrogens with zero attached hydrogens (tertiary/aromatic N) is 2.